The Morgan fingerprint density at radius 2 is 2.00 bits per heavy atom. The predicted octanol–water partition coefficient (Wildman–Crippen LogP) is 1.71. The fourth-order valence-electron chi connectivity index (χ4n) is 2.07. The van der Waals surface area contributed by atoms with Crippen LogP contribution >= 0.6 is 0 Å². The van der Waals surface area contributed by atoms with Crippen LogP contribution < -0.4 is 16.6 Å². The van der Waals surface area contributed by atoms with E-state index < -0.39 is 0 Å². The Kier molecular flexibility index (Phi) is 6.52. The Morgan fingerprint density at radius 1 is 1.32 bits per heavy atom. The van der Waals surface area contributed by atoms with Crippen LogP contribution in [0.25, 0.3) is 0 Å². The molecule has 0 bridgehead atoms. The van der Waals surface area contributed by atoms with E-state index in [-0.39, 0.29) is 12.5 Å². The first-order valence-electron chi connectivity index (χ1n) is 6.80. The van der Waals surface area contributed by atoms with E-state index in [2.05, 4.69) is 41.5 Å². The molecule has 1 aromatic rings. The number of nitrogens with one attached hydrogen (secondary N) is 2. The van der Waals surface area contributed by atoms with Crippen LogP contribution in [0.5, 0.6) is 0 Å². The second-order valence-corrected chi connectivity index (χ2v) is 4.95. The third-order valence-electron chi connectivity index (χ3n) is 3.27. The van der Waals surface area contributed by atoms with Crippen molar-refractivity contribution >= 4 is 11.6 Å². The molecule has 0 radical (unpaired) electrons. The Hall–Kier alpha value is -1.40. The molecule has 1 unspecified atom stereocenters. The van der Waals surface area contributed by atoms with Gasteiger partial charge in [0.05, 0.1) is 0 Å². The maximum absolute atomic E-state index is 9.01. The molecule has 0 spiro atoms. The van der Waals surface area contributed by atoms with Crippen molar-refractivity contribution in [2.24, 2.45) is 11.8 Å². The van der Waals surface area contributed by atoms with Gasteiger partial charge in [0.2, 0.25) is 0 Å². The summed E-state index contributed by atoms with van der Waals surface area (Å²) in [6.07, 6.45) is 3.32. The van der Waals surface area contributed by atoms with E-state index in [0.717, 1.165) is 30.8 Å². The Balaban J connectivity index is 2.82. The molecular formula is C13H25N5O. The summed E-state index contributed by atoms with van der Waals surface area (Å²) in [4.78, 5) is 8.43. The maximum atomic E-state index is 9.01. The van der Waals surface area contributed by atoms with Gasteiger partial charge in [0.1, 0.15) is 18.0 Å². The topological polar surface area (TPSA) is 96.1 Å². The number of anilines is 2. The molecule has 1 atom stereocenters. The van der Waals surface area contributed by atoms with Gasteiger partial charge in [-0.25, -0.2) is 15.8 Å². The van der Waals surface area contributed by atoms with Gasteiger partial charge in [-0.1, -0.05) is 27.2 Å². The number of hydrogen-bond acceptors (Lipinski definition) is 6. The summed E-state index contributed by atoms with van der Waals surface area (Å²) in [6, 6.07) is 0. The summed E-state index contributed by atoms with van der Waals surface area (Å²) in [5.41, 5.74) is 3.60. The average molecular weight is 267 g/mol. The summed E-state index contributed by atoms with van der Waals surface area (Å²) in [7, 11) is 0. The van der Waals surface area contributed by atoms with Crippen molar-refractivity contribution in [3.8, 4) is 0 Å². The van der Waals surface area contributed by atoms with E-state index >= 15 is 0 Å². The molecule has 0 fully saturated rings. The molecule has 5 N–H and O–H groups in total. The maximum Gasteiger partial charge on any atom is 0.148 e. The number of hydrogen-bond donors (Lipinski definition) is 4. The molecule has 6 nitrogen and oxygen atoms in total. The molecule has 0 saturated carbocycles. The molecule has 1 aromatic heterocycles. The van der Waals surface area contributed by atoms with Crippen molar-refractivity contribution in [2.45, 2.75) is 39.5 Å². The number of aromatic nitrogens is 2. The minimum Gasteiger partial charge on any atom is -0.396 e. The number of aliphatic hydroxyl groups excluding tert-OH is 1. The summed E-state index contributed by atoms with van der Waals surface area (Å²) < 4.78 is 0. The van der Waals surface area contributed by atoms with Crippen LogP contribution in [0, 0.1) is 5.92 Å². The molecule has 0 aromatic carbocycles. The van der Waals surface area contributed by atoms with Crippen molar-refractivity contribution in [2.75, 3.05) is 23.9 Å². The highest BCUT2D eigenvalue weighted by Gasteiger charge is 2.15. The number of rotatable bonds is 8. The van der Waals surface area contributed by atoms with E-state index in [1.807, 2.05) is 0 Å². The van der Waals surface area contributed by atoms with Gasteiger partial charge in [0, 0.05) is 18.7 Å². The van der Waals surface area contributed by atoms with Crippen LogP contribution in [0.15, 0.2) is 6.33 Å². The second-order valence-electron chi connectivity index (χ2n) is 4.95. The molecule has 0 amide bonds. The van der Waals surface area contributed by atoms with Crippen molar-refractivity contribution < 1.29 is 5.11 Å². The fourth-order valence-corrected chi connectivity index (χ4v) is 2.07. The zero-order valence-electron chi connectivity index (χ0n) is 12.0. The van der Waals surface area contributed by atoms with E-state index in [9.17, 15) is 0 Å². The predicted molar refractivity (Wildman–Crippen MR) is 77.9 cm³/mol. The first-order chi connectivity index (χ1) is 9.13. The summed E-state index contributed by atoms with van der Waals surface area (Å²) in [5, 5.41) is 12.4. The zero-order chi connectivity index (χ0) is 14.3. The Bertz CT molecular complexity index is 383. The van der Waals surface area contributed by atoms with Crippen LogP contribution in [0.3, 0.4) is 0 Å². The first kappa shape index (κ1) is 15.7. The van der Waals surface area contributed by atoms with Crippen LogP contribution in [-0.4, -0.2) is 28.2 Å². The third-order valence-corrected chi connectivity index (χ3v) is 3.27. The van der Waals surface area contributed by atoms with Gasteiger partial charge >= 0.3 is 0 Å². The SMILES string of the molecule is CCC(CCO)CNc1ncnc(NN)c1C(C)C. The Labute approximate surface area is 114 Å². The van der Waals surface area contributed by atoms with E-state index in [1.54, 1.807) is 0 Å². The highest BCUT2D eigenvalue weighted by molar-refractivity contribution is 5.58. The van der Waals surface area contributed by atoms with E-state index in [4.69, 9.17) is 10.9 Å². The lowest BCUT2D eigenvalue weighted by Gasteiger charge is -2.19. The van der Waals surface area contributed by atoms with Gasteiger partial charge < -0.3 is 15.8 Å². The van der Waals surface area contributed by atoms with Crippen LogP contribution in [0.2, 0.25) is 0 Å². The van der Waals surface area contributed by atoms with Crippen LogP contribution in [-0.2, 0) is 0 Å². The van der Waals surface area contributed by atoms with Crippen LogP contribution in [0.4, 0.5) is 11.6 Å². The molecule has 0 aliphatic carbocycles. The van der Waals surface area contributed by atoms with Crippen molar-refractivity contribution in [3.63, 3.8) is 0 Å². The van der Waals surface area contributed by atoms with E-state index in [1.165, 1.54) is 6.33 Å². The number of aliphatic hydroxyl groups is 1. The van der Waals surface area contributed by atoms with Gasteiger partial charge in [0.15, 0.2) is 0 Å². The summed E-state index contributed by atoms with van der Waals surface area (Å²) in [5.74, 6) is 7.67. The lowest BCUT2D eigenvalue weighted by molar-refractivity contribution is 0.258. The lowest BCUT2D eigenvalue weighted by Crippen LogP contribution is -2.19. The molecule has 108 valence electrons. The van der Waals surface area contributed by atoms with Crippen molar-refractivity contribution in [3.05, 3.63) is 11.9 Å². The Morgan fingerprint density at radius 3 is 2.53 bits per heavy atom. The highest BCUT2D eigenvalue weighted by atomic mass is 16.3. The molecule has 1 heterocycles. The van der Waals surface area contributed by atoms with Gasteiger partial charge in [-0.05, 0) is 18.3 Å². The normalized spacial score (nSPS) is 12.5. The quantitative estimate of drug-likeness (QED) is 0.423. The summed E-state index contributed by atoms with van der Waals surface area (Å²) in [6.45, 7) is 7.29. The smallest absolute Gasteiger partial charge is 0.148 e. The minimum absolute atomic E-state index is 0.219. The molecule has 6 heteroatoms. The lowest BCUT2D eigenvalue weighted by atomic mass is 10.0. The standard InChI is InChI=1S/C13H25N5O/c1-4-10(5-6-19)7-15-12-11(9(2)3)13(18-14)17-8-16-12/h8-10,19H,4-7,14H2,1-3H3,(H2,15,16,17,18). The monoisotopic (exact) mass is 267 g/mol. The number of nitrogens with zero attached hydrogens (tertiary/aromatic N) is 2. The fraction of sp³-hybridized carbons (Fsp3) is 0.692. The van der Waals surface area contributed by atoms with Crippen LogP contribution in [0.1, 0.15) is 45.1 Å². The van der Waals surface area contributed by atoms with Gasteiger partial charge in [-0.2, -0.15) is 0 Å². The average Bonchev–Trinajstić information content (AvgIpc) is 2.42. The molecule has 1 rings (SSSR count). The number of nitrogen functional groups attached to an aromatic ring is 1. The second kappa shape index (κ2) is 7.91. The first-order valence-corrected chi connectivity index (χ1v) is 6.80. The number of hydrazine groups is 1. The van der Waals surface area contributed by atoms with Crippen molar-refractivity contribution in [1.82, 2.24) is 9.97 Å². The third kappa shape index (κ3) is 4.33. The molecular weight excluding hydrogens is 242 g/mol. The minimum atomic E-state index is 0.219. The number of nitrogens with two attached hydrogens (primary N) is 1. The molecule has 0 aliphatic heterocycles. The highest BCUT2D eigenvalue weighted by Crippen LogP contribution is 2.27. The molecule has 0 aliphatic rings. The largest absolute Gasteiger partial charge is 0.396 e. The van der Waals surface area contributed by atoms with Crippen molar-refractivity contribution in [1.29, 1.82) is 0 Å². The van der Waals surface area contributed by atoms with Gasteiger partial charge in [-0.15, -0.1) is 0 Å². The zero-order valence-corrected chi connectivity index (χ0v) is 12.0. The molecule has 19 heavy (non-hydrogen) atoms. The molecule has 0 saturated heterocycles. The van der Waals surface area contributed by atoms with Gasteiger partial charge in [-0.3, -0.25) is 0 Å². The summed E-state index contributed by atoms with van der Waals surface area (Å²) >= 11 is 0. The van der Waals surface area contributed by atoms with E-state index in [0.29, 0.717) is 11.7 Å². The van der Waals surface area contributed by atoms with Gasteiger partial charge in [0.25, 0.3) is 0 Å².